The Bertz CT molecular complexity index is 1340. The molecule has 0 radical (unpaired) electrons. The van der Waals surface area contributed by atoms with Crippen LogP contribution >= 0.6 is 0 Å². The fourth-order valence-electron chi connectivity index (χ4n) is 4.76. The van der Waals surface area contributed by atoms with Crippen molar-refractivity contribution in [1.82, 2.24) is 0 Å². The molecule has 0 spiro atoms. The van der Waals surface area contributed by atoms with Gasteiger partial charge in [0, 0.05) is 5.41 Å². The number of benzene rings is 4. The second-order valence-electron chi connectivity index (χ2n) is 8.32. The first-order valence-electron chi connectivity index (χ1n) is 10.2. The molecule has 0 atom stereocenters. The third-order valence-corrected chi connectivity index (χ3v) is 6.20. The fraction of sp³-hybridized carbons (Fsp3) is 0.148. The van der Waals surface area contributed by atoms with Gasteiger partial charge in [0.15, 0.2) is 0 Å². The van der Waals surface area contributed by atoms with Crippen LogP contribution in [0.25, 0.3) is 10.8 Å². The number of carbonyl (C=O) groups excluding carboxylic acids is 1. The van der Waals surface area contributed by atoms with E-state index >= 15 is 0 Å². The molecule has 0 saturated heterocycles. The second-order valence-corrected chi connectivity index (χ2v) is 8.32. The molecule has 31 heavy (non-hydrogen) atoms. The van der Waals surface area contributed by atoms with Crippen molar-refractivity contribution in [3.63, 3.8) is 0 Å². The van der Waals surface area contributed by atoms with Crippen LogP contribution in [0.1, 0.15) is 35.3 Å². The lowest BCUT2D eigenvalue weighted by molar-refractivity contribution is 0.0601. The largest absolute Gasteiger partial charge is 0.465 e. The van der Waals surface area contributed by atoms with E-state index in [0.717, 1.165) is 33.3 Å². The van der Waals surface area contributed by atoms with Gasteiger partial charge in [-0.05, 0) is 58.3 Å². The molecule has 5 rings (SSSR count). The minimum absolute atomic E-state index is 0.274. The first-order chi connectivity index (χ1) is 14.9. The summed E-state index contributed by atoms with van der Waals surface area (Å²) in [4.78, 5) is 14.0. The van der Waals surface area contributed by atoms with E-state index in [2.05, 4.69) is 19.9 Å². The molecule has 1 heterocycles. The average molecular weight is 411 g/mol. The second kappa shape index (κ2) is 6.95. The van der Waals surface area contributed by atoms with E-state index in [0.29, 0.717) is 11.3 Å². The molecule has 0 unspecified atom stereocenters. The summed E-state index contributed by atoms with van der Waals surface area (Å²) in [5.74, 6) is -0.638. The molecule has 0 bridgehead atoms. The molecule has 0 saturated carbocycles. The van der Waals surface area contributed by atoms with Gasteiger partial charge in [-0.15, -0.1) is 0 Å². The molecule has 4 heteroatoms. The van der Waals surface area contributed by atoms with Crippen molar-refractivity contribution in [3.8, 4) is 0 Å². The summed E-state index contributed by atoms with van der Waals surface area (Å²) in [6.45, 7) is 4.38. The number of anilines is 3. The first-order valence-corrected chi connectivity index (χ1v) is 10.2. The molecule has 1 aliphatic rings. The number of fused-ring (bicyclic) bond motifs is 4. The maximum absolute atomic E-state index is 15.0. The third kappa shape index (κ3) is 2.82. The van der Waals surface area contributed by atoms with Gasteiger partial charge in [0.1, 0.15) is 5.82 Å². The van der Waals surface area contributed by atoms with E-state index in [1.54, 1.807) is 18.2 Å². The number of para-hydroxylation sites is 2. The summed E-state index contributed by atoms with van der Waals surface area (Å²) in [6.07, 6.45) is 0. The van der Waals surface area contributed by atoms with Crippen molar-refractivity contribution in [1.29, 1.82) is 0 Å². The fourth-order valence-corrected chi connectivity index (χ4v) is 4.76. The Morgan fingerprint density at radius 1 is 0.871 bits per heavy atom. The van der Waals surface area contributed by atoms with E-state index in [4.69, 9.17) is 4.74 Å². The van der Waals surface area contributed by atoms with E-state index in [-0.39, 0.29) is 17.2 Å². The van der Waals surface area contributed by atoms with Crippen LogP contribution in [0.5, 0.6) is 0 Å². The van der Waals surface area contributed by atoms with E-state index in [1.165, 1.54) is 13.2 Å². The van der Waals surface area contributed by atoms with Gasteiger partial charge in [0.05, 0.1) is 29.7 Å². The molecule has 0 amide bonds. The number of esters is 1. The molecule has 0 fully saturated rings. The topological polar surface area (TPSA) is 29.5 Å². The summed E-state index contributed by atoms with van der Waals surface area (Å²) in [5, 5.41) is 1.98. The third-order valence-electron chi connectivity index (χ3n) is 6.20. The quantitative estimate of drug-likeness (QED) is 0.337. The van der Waals surface area contributed by atoms with Crippen LogP contribution in [0.15, 0.2) is 78.9 Å². The summed E-state index contributed by atoms with van der Waals surface area (Å²) in [6, 6.07) is 24.6. The number of methoxy groups -OCH3 is 1. The molecule has 0 N–H and O–H groups in total. The Morgan fingerprint density at radius 3 is 2.32 bits per heavy atom. The van der Waals surface area contributed by atoms with Crippen molar-refractivity contribution >= 4 is 33.8 Å². The molecule has 4 aromatic rings. The number of hydrogen-bond donors (Lipinski definition) is 0. The van der Waals surface area contributed by atoms with E-state index < -0.39 is 0 Å². The number of nitrogens with zero attached hydrogens (tertiary/aromatic N) is 1. The zero-order valence-corrected chi connectivity index (χ0v) is 17.6. The number of rotatable bonds is 2. The Morgan fingerprint density at radius 2 is 1.58 bits per heavy atom. The maximum atomic E-state index is 15.0. The molecular weight excluding hydrogens is 389 g/mol. The van der Waals surface area contributed by atoms with Crippen molar-refractivity contribution in [2.45, 2.75) is 19.3 Å². The highest BCUT2D eigenvalue weighted by molar-refractivity contribution is 6.01. The molecule has 0 aliphatic carbocycles. The zero-order valence-electron chi connectivity index (χ0n) is 17.6. The lowest BCUT2D eigenvalue weighted by Gasteiger charge is -2.42. The van der Waals surface area contributed by atoms with Crippen LogP contribution in [-0.2, 0) is 10.2 Å². The minimum Gasteiger partial charge on any atom is -0.465 e. The van der Waals surface area contributed by atoms with Gasteiger partial charge in [-0.1, -0.05) is 56.3 Å². The minimum atomic E-state index is -0.364. The van der Waals surface area contributed by atoms with Crippen molar-refractivity contribution in [2.75, 3.05) is 12.0 Å². The molecule has 0 aromatic heterocycles. The van der Waals surface area contributed by atoms with Gasteiger partial charge in [0.2, 0.25) is 0 Å². The van der Waals surface area contributed by atoms with Gasteiger partial charge in [-0.2, -0.15) is 0 Å². The maximum Gasteiger partial charge on any atom is 0.337 e. The molecule has 1 aliphatic heterocycles. The summed E-state index contributed by atoms with van der Waals surface area (Å²) in [7, 11) is 1.38. The van der Waals surface area contributed by atoms with E-state index in [1.807, 2.05) is 53.4 Å². The van der Waals surface area contributed by atoms with Crippen LogP contribution in [0.4, 0.5) is 21.5 Å². The van der Waals surface area contributed by atoms with Crippen molar-refractivity contribution in [3.05, 3.63) is 101 Å². The van der Waals surface area contributed by atoms with Crippen LogP contribution in [0.3, 0.4) is 0 Å². The van der Waals surface area contributed by atoms with Gasteiger partial charge in [-0.3, -0.25) is 0 Å². The van der Waals surface area contributed by atoms with Crippen molar-refractivity contribution < 1.29 is 13.9 Å². The van der Waals surface area contributed by atoms with Gasteiger partial charge < -0.3 is 9.64 Å². The van der Waals surface area contributed by atoms with Crippen LogP contribution < -0.4 is 4.90 Å². The lowest BCUT2D eigenvalue weighted by atomic mass is 9.71. The standard InChI is InChI=1S/C27H22FNO2/c1-27(2)20-8-4-6-10-22(20)29(23-11-7-5-9-21(23)28)24-15-13-17-16-18(26(30)31-3)12-14-19(17)25(24)27/h4-16H,1-3H3. The highest BCUT2D eigenvalue weighted by atomic mass is 19.1. The Balaban J connectivity index is 1.85. The molecule has 4 aromatic carbocycles. The van der Waals surface area contributed by atoms with Crippen LogP contribution in [0.2, 0.25) is 0 Å². The highest BCUT2D eigenvalue weighted by Crippen LogP contribution is 2.54. The summed E-state index contributed by atoms with van der Waals surface area (Å²) in [5.41, 5.74) is 4.83. The normalized spacial score (nSPS) is 14.1. The van der Waals surface area contributed by atoms with Crippen LogP contribution in [-0.4, -0.2) is 13.1 Å². The highest BCUT2D eigenvalue weighted by Gasteiger charge is 2.38. The number of hydrogen-bond acceptors (Lipinski definition) is 3. The average Bonchev–Trinajstić information content (AvgIpc) is 2.79. The SMILES string of the molecule is COC(=O)c1ccc2c3c(ccc2c1)N(c1ccccc1F)c1ccccc1C3(C)C. The number of ether oxygens (including phenoxy) is 1. The molecule has 154 valence electrons. The predicted molar refractivity (Wildman–Crippen MR) is 122 cm³/mol. The molecule has 3 nitrogen and oxygen atoms in total. The summed E-state index contributed by atoms with van der Waals surface area (Å²) >= 11 is 0. The summed E-state index contributed by atoms with van der Waals surface area (Å²) < 4.78 is 19.8. The van der Waals surface area contributed by atoms with Gasteiger partial charge in [0.25, 0.3) is 0 Å². The zero-order chi connectivity index (χ0) is 21.8. The monoisotopic (exact) mass is 411 g/mol. The number of halogens is 1. The first kappa shape index (κ1) is 19.3. The lowest BCUT2D eigenvalue weighted by Crippen LogP contribution is -2.31. The van der Waals surface area contributed by atoms with Gasteiger partial charge >= 0.3 is 5.97 Å². The molecular formula is C27H22FNO2. The van der Waals surface area contributed by atoms with E-state index in [9.17, 15) is 9.18 Å². The Kier molecular flexibility index (Phi) is 4.33. The van der Waals surface area contributed by atoms with Crippen molar-refractivity contribution in [2.24, 2.45) is 0 Å². The Labute approximate surface area is 180 Å². The number of carbonyl (C=O) groups is 1. The van der Waals surface area contributed by atoms with Gasteiger partial charge in [-0.25, -0.2) is 9.18 Å². The Hall–Kier alpha value is -3.66. The smallest absolute Gasteiger partial charge is 0.337 e. The predicted octanol–water partition coefficient (Wildman–Crippen LogP) is 6.87. The van der Waals surface area contributed by atoms with Crippen LogP contribution in [0, 0.1) is 5.82 Å².